The molecule has 0 radical (unpaired) electrons. The molecule has 0 atom stereocenters. The van der Waals surface area contributed by atoms with Crippen molar-refractivity contribution in [1.82, 2.24) is 14.5 Å². The second-order valence-corrected chi connectivity index (χ2v) is 13.3. The highest BCUT2D eigenvalue weighted by Crippen LogP contribution is 2.41. The predicted octanol–water partition coefficient (Wildman–Crippen LogP) is 12.1. The van der Waals surface area contributed by atoms with E-state index in [0.29, 0.717) is 0 Å². The summed E-state index contributed by atoms with van der Waals surface area (Å²) in [5, 5.41) is 6.14. The lowest BCUT2D eigenvalue weighted by Gasteiger charge is -2.10. The predicted molar refractivity (Wildman–Crippen MR) is 203 cm³/mol. The van der Waals surface area contributed by atoms with Crippen LogP contribution >= 0.6 is 11.3 Å². The molecule has 4 heteroatoms. The zero-order valence-corrected chi connectivity index (χ0v) is 26.7. The lowest BCUT2D eigenvalue weighted by Crippen LogP contribution is -1.93. The first kappa shape index (κ1) is 27.1. The first-order valence-electron chi connectivity index (χ1n) is 16.2. The highest BCUT2D eigenvalue weighted by molar-refractivity contribution is 7.26. The van der Waals surface area contributed by atoms with Gasteiger partial charge in [-0.25, -0.2) is 9.97 Å². The van der Waals surface area contributed by atoms with E-state index in [1.807, 2.05) is 24.3 Å². The van der Waals surface area contributed by atoms with Gasteiger partial charge < -0.3 is 4.57 Å². The molecule has 10 rings (SSSR count). The van der Waals surface area contributed by atoms with Gasteiger partial charge in [-0.3, -0.25) is 0 Å². The van der Waals surface area contributed by atoms with Crippen molar-refractivity contribution in [2.45, 2.75) is 0 Å². The van der Waals surface area contributed by atoms with Crippen LogP contribution in [0, 0.1) is 0 Å². The summed E-state index contributed by atoms with van der Waals surface area (Å²) in [7, 11) is 0. The van der Waals surface area contributed by atoms with E-state index in [9.17, 15) is 0 Å². The summed E-state index contributed by atoms with van der Waals surface area (Å²) >= 11 is 1.77. The molecule has 0 unspecified atom stereocenters. The van der Waals surface area contributed by atoms with Crippen molar-refractivity contribution in [2.75, 3.05) is 0 Å². The van der Waals surface area contributed by atoms with Crippen LogP contribution in [0.25, 0.3) is 92.3 Å². The van der Waals surface area contributed by atoms with Gasteiger partial charge in [-0.2, -0.15) is 0 Å². The van der Waals surface area contributed by atoms with Crippen LogP contribution in [0.2, 0.25) is 0 Å². The average molecular weight is 630 g/mol. The highest BCUT2D eigenvalue weighted by Gasteiger charge is 2.17. The van der Waals surface area contributed by atoms with Crippen LogP contribution in [0.15, 0.2) is 164 Å². The maximum Gasteiger partial charge on any atom is 0.160 e. The smallest absolute Gasteiger partial charge is 0.160 e. The standard InChI is InChI=1S/C44H27N3S/c1-3-11-28(12-4-1)41-43-42(46-44(45-41)29-13-5-2-6-14-29)37-27-33(22-24-40(37)48-43)30-19-20-32-26-34(23-21-31(32)25-30)47-38-17-9-7-15-35(38)36-16-8-10-18-39(36)47/h1-27H. The minimum absolute atomic E-state index is 0.747. The molecule has 0 saturated heterocycles. The van der Waals surface area contributed by atoms with E-state index in [0.717, 1.165) is 38.2 Å². The molecule has 0 aliphatic carbocycles. The number of fused-ring (bicyclic) bond motifs is 7. The van der Waals surface area contributed by atoms with Gasteiger partial charge >= 0.3 is 0 Å². The zero-order chi connectivity index (χ0) is 31.6. The minimum Gasteiger partial charge on any atom is -0.309 e. The molecular formula is C44H27N3S. The number of thiophene rings is 1. The summed E-state index contributed by atoms with van der Waals surface area (Å²) in [6.07, 6.45) is 0. The number of hydrogen-bond donors (Lipinski definition) is 0. The molecule has 0 aliphatic rings. The quantitative estimate of drug-likeness (QED) is 0.194. The largest absolute Gasteiger partial charge is 0.309 e. The summed E-state index contributed by atoms with van der Waals surface area (Å²) in [6.45, 7) is 0. The topological polar surface area (TPSA) is 30.7 Å². The molecule has 10 aromatic rings. The molecule has 0 N–H and O–H groups in total. The van der Waals surface area contributed by atoms with Crippen molar-refractivity contribution in [3.05, 3.63) is 164 Å². The van der Waals surface area contributed by atoms with E-state index in [4.69, 9.17) is 9.97 Å². The Bertz CT molecular complexity index is 2780. The molecule has 224 valence electrons. The zero-order valence-electron chi connectivity index (χ0n) is 25.8. The first-order valence-corrected chi connectivity index (χ1v) is 17.0. The van der Waals surface area contributed by atoms with E-state index in [-0.39, 0.29) is 0 Å². The number of hydrogen-bond acceptors (Lipinski definition) is 3. The van der Waals surface area contributed by atoms with Crippen LogP contribution in [-0.2, 0) is 0 Å². The highest BCUT2D eigenvalue weighted by atomic mass is 32.1. The molecule has 0 spiro atoms. The summed E-state index contributed by atoms with van der Waals surface area (Å²) in [5.74, 6) is 0.747. The van der Waals surface area contributed by atoms with Gasteiger partial charge in [-0.15, -0.1) is 11.3 Å². The lowest BCUT2D eigenvalue weighted by molar-refractivity contribution is 1.19. The number of benzene rings is 7. The van der Waals surface area contributed by atoms with E-state index < -0.39 is 0 Å². The van der Waals surface area contributed by atoms with Crippen LogP contribution in [0.3, 0.4) is 0 Å². The maximum atomic E-state index is 5.18. The Kier molecular flexibility index (Phi) is 6.05. The summed E-state index contributed by atoms with van der Waals surface area (Å²) in [6, 6.07) is 58.4. The maximum absolute atomic E-state index is 5.18. The molecular weight excluding hydrogens is 603 g/mol. The third-order valence-corrected chi connectivity index (χ3v) is 10.6. The second kappa shape index (κ2) is 10.7. The van der Waals surface area contributed by atoms with Crippen molar-refractivity contribution in [1.29, 1.82) is 0 Å². The number of nitrogens with zero attached hydrogens (tertiary/aromatic N) is 3. The normalized spacial score (nSPS) is 11.8. The first-order chi connectivity index (χ1) is 23.8. The Morgan fingerprint density at radius 3 is 1.79 bits per heavy atom. The van der Waals surface area contributed by atoms with Crippen molar-refractivity contribution in [2.24, 2.45) is 0 Å². The third kappa shape index (κ3) is 4.27. The fourth-order valence-corrected chi connectivity index (χ4v) is 8.22. The van der Waals surface area contributed by atoms with E-state index in [1.165, 1.54) is 54.1 Å². The fraction of sp³-hybridized carbons (Fsp3) is 0. The molecule has 3 heterocycles. The Morgan fingerprint density at radius 2 is 1.04 bits per heavy atom. The minimum atomic E-state index is 0.747. The molecule has 0 saturated carbocycles. The van der Waals surface area contributed by atoms with Gasteiger partial charge in [-0.1, -0.05) is 121 Å². The van der Waals surface area contributed by atoms with Crippen molar-refractivity contribution < 1.29 is 0 Å². The SMILES string of the molecule is c1ccc(-c2nc(-c3ccccc3)c3sc4ccc(-c5ccc6cc(-n7c8ccccc8c8ccccc87)ccc6c5)cc4c3n2)cc1. The van der Waals surface area contributed by atoms with Crippen molar-refractivity contribution in [3.8, 4) is 39.5 Å². The van der Waals surface area contributed by atoms with Crippen LogP contribution in [0.5, 0.6) is 0 Å². The molecule has 3 nitrogen and oxygen atoms in total. The Hall–Kier alpha value is -6.10. The summed E-state index contributed by atoms with van der Waals surface area (Å²) in [5.41, 5.74) is 10.1. The third-order valence-electron chi connectivity index (χ3n) is 9.39. The Labute approximate surface area is 281 Å². The van der Waals surface area contributed by atoms with Crippen molar-refractivity contribution in [3.63, 3.8) is 0 Å². The molecule has 48 heavy (non-hydrogen) atoms. The van der Waals surface area contributed by atoms with Gasteiger partial charge in [0.2, 0.25) is 0 Å². The van der Waals surface area contributed by atoms with E-state index in [1.54, 1.807) is 11.3 Å². The monoisotopic (exact) mass is 629 g/mol. The molecule has 7 aromatic carbocycles. The number of rotatable bonds is 4. The average Bonchev–Trinajstić information content (AvgIpc) is 3.70. The van der Waals surface area contributed by atoms with Crippen LogP contribution in [0.1, 0.15) is 0 Å². The molecule has 0 aliphatic heterocycles. The van der Waals surface area contributed by atoms with E-state index >= 15 is 0 Å². The van der Waals surface area contributed by atoms with Gasteiger partial charge in [-0.05, 0) is 64.4 Å². The van der Waals surface area contributed by atoms with Gasteiger partial charge in [0.15, 0.2) is 5.82 Å². The van der Waals surface area contributed by atoms with Gasteiger partial charge in [0.25, 0.3) is 0 Å². The molecule has 3 aromatic heterocycles. The van der Waals surface area contributed by atoms with Gasteiger partial charge in [0, 0.05) is 37.7 Å². The van der Waals surface area contributed by atoms with Crippen LogP contribution in [-0.4, -0.2) is 14.5 Å². The Morgan fingerprint density at radius 1 is 0.438 bits per heavy atom. The lowest BCUT2D eigenvalue weighted by atomic mass is 9.99. The fourth-order valence-electron chi connectivity index (χ4n) is 7.08. The number of aromatic nitrogens is 3. The second-order valence-electron chi connectivity index (χ2n) is 12.2. The summed E-state index contributed by atoms with van der Waals surface area (Å²) in [4.78, 5) is 10.3. The molecule has 0 amide bonds. The van der Waals surface area contributed by atoms with Crippen LogP contribution < -0.4 is 0 Å². The van der Waals surface area contributed by atoms with Crippen molar-refractivity contribution >= 4 is 64.2 Å². The molecule has 0 bridgehead atoms. The Balaban J connectivity index is 1.11. The number of para-hydroxylation sites is 2. The van der Waals surface area contributed by atoms with Gasteiger partial charge in [0.05, 0.1) is 26.9 Å². The van der Waals surface area contributed by atoms with Gasteiger partial charge in [0.1, 0.15) is 0 Å². The molecule has 0 fully saturated rings. The van der Waals surface area contributed by atoms with E-state index in [2.05, 4.69) is 144 Å². The van der Waals surface area contributed by atoms with Crippen LogP contribution in [0.4, 0.5) is 0 Å². The summed E-state index contributed by atoms with van der Waals surface area (Å²) < 4.78 is 4.70.